The third-order valence-electron chi connectivity index (χ3n) is 4.48. The highest BCUT2D eigenvalue weighted by atomic mass is 35.5. The molecule has 3 aromatic carbocycles. The van der Waals surface area contributed by atoms with Crippen LogP contribution < -0.4 is 4.72 Å². The largest absolute Gasteiger partial charge is 0.289 e. The normalized spacial score (nSPS) is 12.3. The van der Waals surface area contributed by atoms with E-state index in [1.54, 1.807) is 66.7 Å². The van der Waals surface area contributed by atoms with Gasteiger partial charge in [0.15, 0.2) is 5.78 Å². The zero-order chi connectivity index (χ0) is 21.0. The van der Waals surface area contributed by atoms with Crippen LogP contribution in [0.3, 0.4) is 0 Å². The Balaban J connectivity index is 1.99. The molecule has 0 fully saturated rings. The second-order valence-corrected chi connectivity index (χ2v) is 8.79. The highest BCUT2D eigenvalue weighted by Crippen LogP contribution is 2.27. The van der Waals surface area contributed by atoms with E-state index in [1.165, 1.54) is 12.1 Å². The quantitative estimate of drug-likeness (QED) is 0.422. The molecule has 4 nitrogen and oxygen atoms in total. The monoisotopic (exact) mass is 425 g/mol. The predicted octanol–water partition coefficient (Wildman–Crippen LogP) is 5.11. The molecule has 3 rings (SSSR count). The van der Waals surface area contributed by atoms with Crippen LogP contribution in [0.2, 0.25) is 5.02 Å². The SMILES string of the molecule is C=C(C(=O)c1ccccc1)C(NS(=O)(=O)c1ccc(C)cc1)c1ccc(Cl)cc1. The van der Waals surface area contributed by atoms with Crippen LogP contribution in [0.4, 0.5) is 0 Å². The standard InChI is InChI=1S/C23H20ClNO3S/c1-16-8-14-21(15-9-16)29(27,28)25-22(18-10-12-20(24)13-11-18)17(2)23(26)19-6-4-3-5-7-19/h3-15,22,25H,2H2,1H3. The molecule has 0 heterocycles. The lowest BCUT2D eigenvalue weighted by atomic mass is 9.94. The van der Waals surface area contributed by atoms with Gasteiger partial charge in [0, 0.05) is 16.2 Å². The topological polar surface area (TPSA) is 63.2 Å². The molecule has 0 saturated heterocycles. The summed E-state index contributed by atoms with van der Waals surface area (Å²) in [5.41, 5.74) is 2.07. The summed E-state index contributed by atoms with van der Waals surface area (Å²) in [5, 5.41) is 0.508. The zero-order valence-corrected chi connectivity index (χ0v) is 17.4. The van der Waals surface area contributed by atoms with Gasteiger partial charge >= 0.3 is 0 Å². The number of hydrogen-bond donors (Lipinski definition) is 1. The number of sulfonamides is 1. The van der Waals surface area contributed by atoms with Crippen LogP contribution >= 0.6 is 11.6 Å². The van der Waals surface area contributed by atoms with Crippen molar-refractivity contribution in [3.63, 3.8) is 0 Å². The molecular weight excluding hydrogens is 406 g/mol. The number of benzene rings is 3. The maximum atomic E-state index is 13.0. The minimum atomic E-state index is -3.89. The van der Waals surface area contributed by atoms with Gasteiger partial charge in [0.2, 0.25) is 10.0 Å². The van der Waals surface area contributed by atoms with Crippen LogP contribution in [0.15, 0.2) is 95.9 Å². The van der Waals surface area contributed by atoms with Crippen molar-refractivity contribution in [1.82, 2.24) is 4.72 Å². The first-order valence-corrected chi connectivity index (χ1v) is 10.8. The Morgan fingerprint density at radius 1 is 0.931 bits per heavy atom. The van der Waals surface area contributed by atoms with Crippen LogP contribution in [0.5, 0.6) is 0 Å². The van der Waals surface area contributed by atoms with Gasteiger partial charge in [0.1, 0.15) is 0 Å². The molecule has 0 spiro atoms. The van der Waals surface area contributed by atoms with Crippen LogP contribution in [-0.4, -0.2) is 14.2 Å². The van der Waals surface area contributed by atoms with E-state index < -0.39 is 16.1 Å². The Labute approximate surface area is 175 Å². The Kier molecular flexibility index (Phi) is 6.33. The summed E-state index contributed by atoms with van der Waals surface area (Å²) in [6, 6.07) is 20.8. The first-order chi connectivity index (χ1) is 13.8. The molecule has 0 aliphatic carbocycles. The second-order valence-electron chi connectivity index (χ2n) is 6.64. The molecule has 1 atom stereocenters. The van der Waals surface area contributed by atoms with Gasteiger partial charge in [-0.1, -0.05) is 78.3 Å². The van der Waals surface area contributed by atoms with E-state index in [0.717, 1.165) is 5.56 Å². The summed E-state index contributed by atoms with van der Waals surface area (Å²) in [7, 11) is -3.89. The lowest BCUT2D eigenvalue weighted by Crippen LogP contribution is -2.31. The van der Waals surface area contributed by atoms with Gasteiger partial charge in [0.25, 0.3) is 0 Å². The van der Waals surface area contributed by atoms with Crippen LogP contribution in [0.1, 0.15) is 27.5 Å². The lowest BCUT2D eigenvalue weighted by Gasteiger charge is -2.21. The molecular formula is C23H20ClNO3S. The number of carbonyl (C=O) groups is 1. The summed E-state index contributed by atoms with van der Waals surface area (Å²) in [6.07, 6.45) is 0. The van der Waals surface area contributed by atoms with Gasteiger partial charge in [-0.3, -0.25) is 4.79 Å². The Morgan fingerprint density at radius 2 is 1.52 bits per heavy atom. The number of ketones is 1. The molecule has 148 valence electrons. The molecule has 1 N–H and O–H groups in total. The first kappa shape index (κ1) is 21.0. The van der Waals surface area contributed by atoms with E-state index >= 15 is 0 Å². The van der Waals surface area contributed by atoms with E-state index in [0.29, 0.717) is 16.1 Å². The fourth-order valence-corrected chi connectivity index (χ4v) is 4.19. The molecule has 1 unspecified atom stereocenters. The maximum Gasteiger partial charge on any atom is 0.241 e. The molecule has 0 amide bonds. The third kappa shape index (κ3) is 5.01. The summed E-state index contributed by atoms with van der Waals surface area (Å²) < 4.78 is 28.6. The fourth-order valence-electron chi connectivity index (χ4n) is 2.84. The number of halogens is 1. The second kappa shape index (κ2) is 8.74. The summed E-state index contributed by atoms with van der Waals surface area (Å²) in [6.45, 7) is 5.79. The molecule has 0 bridgehead atoms. The van der Waals surface area contributed by atoms with Crippen molar-refractivity contribution < 1.29 is 13.2 Å². The smallest absolute Gasteiger partial charge is 0.241 e. The van der Waals surface area contributed by atoms with Crippen LogP contribution in [0.25, 0.3) is 0 Å². The average molecular weight is 426 g/mol. The number of Topliss-reactive ketones (excluding diaryl/α,β-unsaturated/α-hetero) is 1. The van der Waals surface area contributed by atoms with Crippen molar-refractivity contribution >= 4 is 27.4 Å². The zero-order valence-electron chi connectivity index (χ0n) is 15.8. The van der Waals surface area contributed by atoms with Crippen LogP contribution in [-0.2, 0) is 10.0 Å². The van der Waals surface area contributed by atoms with Gasteiger partial charge in [0.05, 0.1) is 10.9 Å². The molecule has 0 radical (unpaired) electrons. The third-order valence-corrected chi connectivity index (χ3v) is 6.17. The van der Waals surface area contributed by atoms with Crippen molar-refractivity contribution in [2.45, 2.75) is 17.9 Å². The van der Waals surface area contributed by atoms with E-state index in [1.807, 2.05) is 6.92 Å². The van der Waals surface area contributed by atoms with Gasteiger partial charge in [-0.15, -0.1) is 0 Å². The van der Waals surface area contributed by atoms with Crippen molar-refractivity contribution in [3.8, 4) is 0 Å². The maximum absolute atomic E-state index is 13.0. The number of rotatable bonds is 7. The highest BCUT2D eigenvalue weighted by Gasteiger charge is 2.27. The summed E-state index contributed by atoms with van der Waals surface area (Å²) >= 11 is 5.97. The summed E-state index contributed by atoms with van der Waals surface area (Å²) in [5.74, 6) is -0.336. The Bertz CT molecular complexity index is 1120. The molecule has 0 aliphatic rings. The minimum Gasteiger partial charge on any atom is -0.289 e. The Morgan fingerprint density at radius 3 is 2.10 bits per heavy atom. The van der Waals surface area contributed by atoms with E-state index in [9.17, 15) is 13.2 Å². The van der Waals surface area contributed by atoms with E-state index in [2.05, 4.69) is 11.3 Å². The summed E-state index contributed by atoms with van der Waals surface area (Å²) in [4.78, 5) is 13.0. The first-order valence-electron chi connectivity index (χ1n) is 8.91. The number of nitrogens with one attached hydrogen (secondary N) is 1. The van der Waals surface area contributed by atoms with Crippen molar-refractivity contribution in [1.29, 1.82) is 0 Å². The lowest BCUT2D eigenvalue weighted by molar-refractivity contribution is 0.102. The Hall–Kier alpha value is -2.73. The van der Waals surface area contributed by atoms with Crippen LogP contribution in [0, 0.1) is 6.92 Å². The molecule has 0 saturated carbocycles. The van der Waals surface area contributed by atoms with Gasteiger partial charge in [-0.25, -0.2) is 8.42 Å². The molecule has 3 aromatic rings. The van der Waals surface area contributed by atoms with Crippen molar-refractivity contribution in [2.75, 3.05) is 0 Å². The molecule has 6 heteroatoms. The average Bonchev–Trinajstić information content (AvgIpc) is 2.73. The minimum absolute atomic E-state index is 0.113. The van der Waals surface area contributed by atoms with Crippen molar-refractivity contribution in [2.24, 2.45) is 0 Å². The fraction of sp³-hybridized carbons (Fsp3) is 0.0870. The predicted molar refractivity (Wildman–Crippen MR) is 116 cm³/mol. The van der Waals surface area contributed by atoms with Gasteiger partial charge < -0.3 is 0 Å². The number of hydrogen-bond acceptors (Lipinski definition) is 3. The molecule has 0 aromatic heterocycles. The van der Waals surface area contributed by atoms with Gasteiger partial charge in [-0.2, -0.15) is 4.72 Å². The van der Waals surface area contributed by atoms with E-state index in [4.69, 9.17) is 11.6 Å². The highest BCUT2D eigenvalue weighted by molar-refractivity contribution is 7.89. The van der Waals surface area contributed by atoms with Gasteiger partial charge in [-0.05, 0) is 36.8 Å². The van der Waals surface area contributed by atoms with E-state index in [-0.39, 0.29) is 16.3 Å². The number of carbonyl (C=O) groups excluding carboxylic acids is 1. The molecule has 0 aliphatic heterocycles. The number of aryl methyl sites for hydroxylation is 1. The van der Waals surface area contributed by atoms with Crippen molar-refractivity contribution in [3.05, 3.63) is 113 Å². The molecule has 29 heavy (non-hydrogen) atoms.